The molecular formula is C12H10N4O. The van der Waals surface area contributed by atoms with Crippen LogP contribution in [0.4, 0.5) is 0 Å². The molecular weight excluding hydrogens is 216 g/mol. The van der Waals surface area contributed by atoms with Crippen LogP contribution in [0.3, 0.4) is 0 Å². The molecule has 0 saturated heterocycles. The Kier molecular flexibility index (Phi) is 2.22. The van der Waals surface area contributed by atoms with E-state index in [0.29, 0.717) is 5.88 Å². The van der Waals surface area contributed by atoms with Crippen LogP contribution in [0.1, 0.15) is 0 Å². The summed E-state index contributed by atoms with van der Waals surface area (Å²) in [5.41, 5.74) is 2.81. The van der Waals surface area contributed by atoms with Gasteiger partial charge in [0.25, 0.3) is 0 Å². The molecule has 17 heavy (non-hydrogen) atoms. The zero-order valence-electron chi connectivity index (χ0n) is 9.21. The summed E-state index contributed by atoms with van der Waals surface area (Å²) < 4.78 is 5.10. The molecule has 5 heteroatoms. The van der Waals surface area contributed by atoms with Gasteiger partial charge in [-0.1, -0.05) is 0 Å². The Hall–Kier alpha value is -2.43. The monoisotopic (exact) mass is 226 g/mol. The van der Waals surface area contributed by atoms with E-state index in [4.69, 9.17) is 4.74 Å². The molecule has 0 aliphatic rings. The number of hydrogen-bond acceptors (Lipinski definition) is 4. The lowest BCUT2D eigenvalue weighted by Crippen LogP contribution is -1.87. The van der Waals surface area contributed by atoms with E-state index in [9.17, 15) is 0 Å². The van der Waals surface area contributed by atoms with Crippen molar-refractivity contribution in [2.24, 2.45) is 0 Å². The molecule has 3 aromatic heterocycles. The second kappa shape index (κ2) is 3.86. The first-order valence-corrected chi connectivity index (χ1v) is 5.16. The van der Waals surface area contributed by atoms with Gasteiger partial charge in [-0.3, -0.25) is 0 Å². The van der Waals surface area contributed by atoms with Crippen LogP contribution in [0.15, 0.2) is 36.9 Å². The van der Waals surface area contributed by atoms with Gasteiger partial charge in [0.15, 0.2) is 0 Å². The second-order valence-electron chi connectivity index (χ2n) is 3.60. The third kappa shape index (κ3) is 1.71. The van der Waals surface area contributed by atoms with Crippen LogP contribution in [0.5, 0.6) is 5.88 Å². The standard InChI is InChI=1S/C12H10N4O/c1-17-11-5-8(2-3-14-11)10-4-9-6-13-7-15-12(9)16-10/h2-7H,1H3,(H,13,15,16). The van der Waals surface area contributed by atoms with Crippen molar-refractivity contribution >= 4 is 11.0 Å². The SMILES string of the molecule is COc1cc(-c2cc3cncnc3[nH]2)ccn1. The summed E-state index contributed by atoms with van der Waals surface area (Å²) >= 11 is 0. The third-order valence-electron chi connectivity index (χ3n) is 2.55. The van der Waals surface area contributed by atoms with E-state index in [1.54, 1.807) is 19.5 Å². The van der Waals surface area contributed by atoms with Crippen LogP contribution in [0, 0.1) is 0 Å². The molecule has 3 aromatic rings. The molecule has 0 saturated carbocycles. The highest BCUT2D eigenvalue weighted by atomic mass is 16.5. The Morgan fingerprint density at radius 3 is 3.00 bits per heavy atom. The van der Waals surface area contributed by atoms with Crippen molar-refractivity contribution in [3.05, 3.63) is 36.9 Å². The summed E-state index contributed by atoms with van der Waals surface area (Å²) in [5.74, 6) is 0.590. The number of aromatic nitrogens is 4. The van der Waals surface area contributed by atoms with Crippen LogP contribution < -0.4 is 4.74 Å². The van der Waals surface area contributed by atoms with Crippen molar-refractivity contribution in [3.63, 3.8) is 0 Å². The normalized spacial score (nSPS) is 10.6. The minimum Gasteiger partial charge on any atom is -0.481 e. The largest absolute Gasteiger partial charge is 0.481 e. The van der Waals surface area contributed by atoms with Gasteiger partial charge in [0.1, 0.15) is 12.0 Å². The van der Waals surface area contributed by atoms with Crippen molar-refractivity contribution in [1.82, 2.24) is 19.9 Å². The number of nitrogens with zero attached hydrogens (tertiary/aromatic N) is 3. The van der Waals surface area contributed by atoms with Crippen LogP contribution in [-0.4, -0.2) is 27.0 Å². The Labute approximate surface area is 97.5 Å². The predicted octanol–water partition coefficient (Wildman–Crippen LogP) is 2.03. The Bertz CT molecular complexity index is 629. The van der Waals surface area contributed by atoms with Crippen molar-refractivity contribution in [1.29, 1.82) is 0 Å². The summed E-state index contributed by atoms with van der Waals surface area (Å²) in [7, 11) is 1.60. The molecule has 0 aliphatic heterocycles. The van der Waals surface area contributed by atoms with Crippen LogP contribution in [-0.2, 0) is 0 Å². The highest BCUT2D eigenvalue weighted by Crippen LogP contribution is 2.24. The highest BCUT2D eigenvalue weighted by Gasteiger charge is 2.05. The molecule has 5 nitrogen and oxygen atoms in total. The molecule has 0 unspecified atom stereocenters. The van der Waals surface area contributed by atoms with Crippen LogP contribution >= 0.6 is 0 Å². The summed E-state index contributed by atoms with van der Waals surface area (Å²) in [6.07, 6.45) is 5.02. The summed E-state index contributed by atoms with van der Waals surface area (Å²) in [6, 6.07) is 5.79. The molecule has 0 aromatic carbocycles. The average Bonchev–Trinajstić information content (AvgIpc) is 2.82. The van der Waals surface area contributed by atoms with E-state index in [2.05, 4.69) is 19.9 Å². The number of ether oxygens (including phenoxy) is 1. The minimum atomic E-state index is 0.590. The average molecular weight is 226 g/mol. The molecule has 1 N–H and O–H groups in total. The van der Waals surface area contributed by atoms with E-state index < -0.39 is 0 Å². The van der Waals surface area contributed by atoms with E-state index >= 15 is 0 Å². The van der Waals surface area contributed by atoms with Gasteiger partial charge in [-0.05, 0) is 12.1 Å². The molecule has 3 heterocycles. The second-order valence-corrected chi connectivity index (χ2v) is 3.60. The fourth-order valence-corrected chi connectivity index (χ4v) is 1.71. The number of nitrogens with one attached hydrogen (secondary N) is 1. The van der Waals surface area contributed by atoms with Gasteiger partial charge >= 0.3 is 0 Å². The number of methoxy groups -OCH3 is 1. The molecule has 0 amide bonds. The molecule has 84 valence electrons. The zero-order chi connectivity index (χ0) is 11.7. The maximum absolute atomic E-state index is 5.10. The molecule has 0 bridgehead atoms. The van der Waals surface area contributed by atoms with Gasteiger partial charge in [0.05, 0.1) is 7.11 Å². The molecule has 3 rings (SSSR count). The predicted molar refractivity (Wildman–Crippen MR) is 63.7 cm³/mol. The first-order chi connectivity index (χ1) is 8.36. The molecule has 0 aliphatic carbocycles. The number of hydrogen-bond donors (Lipinski definition) is 1. The van der Waals surface area contributed by atoms with Gasteiger partial charge in [-0.25, -0.2) is 15.0 Å². The third-order valence-corrected chi connectivity index (χ3v) is 2.55. The zero-order valence-corrected chi connectivity index (χ0v) is 9.21. The first kappa shape index (κ1) is 9.77. The van der Waals surface area contributed by atoms with Gasteiger partial charge in [-0.15, -0.1) is 0 Å². The number of aromatic amines is 1. The summed E-state index contributed by atoms with van der Waals surface area (Å²) in [5, 5.41) is 0.985. The summed E-state index contributed by atoms with van der Waals surface area (Å²) in [6.45, 7) is 0. The highest BCUT2D eigenvalue weighted by molar-refractivity contribution is 5.82. The molecule has 0 fully saturated rings. The van der Waals surface area contributed by atoms with E-state index in [0.717, 1.165) is 22.3 Å². The summed E-state index contributed by atoms with van der Waals surface area (Å²) in [4.78, 5) is 15.4. The van der Waals surface area contributed by atoms with Crippen molar-refractivity contribution < 1.29 is 4.74 Å². The maximum Gasteiger partial charge on any atom is 0.213 e. The Balaban J connectivity index is 2.13. The van der Waals surface area contributed by atoms with Crippen molar-refractivity contribution in [2.75, 3.05) is 7.11 Å². The number of fused-ring (bicyclic) bond motifs is 1. The minimum absolute atomic E-state index is 0.590. The van der Waals surface area contributed by atoms with Gasteiger partial charge in [0.2, 0.25) is 5.88 Å². The lowest BCUT2D eigenvalue weighted by Gasteiger charge is -2.00. The van der Waals surface area contributed by atoms with Crippen molar-refractivity contribution in [3.8, 4) is 17.1 Å². The topological polar surface area (TPSA) is 63.7 Å². The number of rotatable bonds is 2. The van der Waals surface area contributed by atoms with E-state index in [1.807, 2.05) is 18.2 Å². The lowest BCUT2D eigenvalue weighted by molar-refractivity contribution is 0.398. The van der Waals surface area contributed by atoms with Crippen molar-refractivity contribution in [2.45, 2.75) is 0 Å². The van der Waals surface area contributed by atoms with Gasteiger partial charge in [-0.2, -0.15) is 0 Å². The van der Waals surface area contributed by atoms with Crippen LogP contribution in [0.2, 0.25) is 0 Å². The molecule has 0 atom stereocenters. The fourth-order valence-electron chi connectivity index (χ4n) is 1.71. The Morgan fingerprint density at radius 1 is 1.24 bits per heavy atom. The maximum atomic E-state index is 5.10. The van der Waals surface area contributed by atoms with E-state index in [-0.39, 0.29) is 0 Å². The van der Waals surface area contributed by atoms with Gasteiger partial charge < -0.3 is 9.72 Å². The van der Waals surface area contributed by atoms with Crippen LogP contribution in [0.25, 0.3) is 22.3 Å². The number of H-pyrrole nitrogens is 1. The smallest absolute Gasteiger partial charge is 0.213 e. The first-order valence-electron chi connectivity index (χ1n) is 5.16. The van der Waals surface area contributed by atoms with Gasteiger partial charge in [0, 0.05) is 35.1 Å². The molecule has 0 spiro atoms. The van der Waals surface area contributed by atoms with E-state index in [1.165, 1.54) is 6.33 Å². The Morgan fingerprint density at radius 2 is 2.18 bits per heavy atom. The molecule has 0 radical (unpaired) electrons. The quantitative estimate of drug-likeness (QED) is 0.726. The number of pyridine rings is 1. The fraction of sp³-hybridized carbons (Fsp3) is 0.0833. The lowest BCUT2D eigenvalue weighted by atomic mass is 10.2.